The van der Waals surface area contributed by atoms with Gasteiger partial charge in [-0.05, 0) is 51.4 Å². The van der Waals surface area contributed by atoms with Crippen molar-refractivity contribution in [1.29, 1.82) is 0 Å². The number of hydrogen-bond donors (Lipinski definition) is 3. The molecule has 0 aliphatic carbocycles. The Hall–Kier alpha value is -3.44. The first-order chi connectivity index (χ1) is 17.7. The van der Waals surface area contributed by atoms with Gasteiger partial charge in [-0.25, -0.2) is 14.2 Å². The summed E-state index contributed by atoms with van der Waals surface area (Å²) in [7, 11) is 0. The van der Waals surface area contributed by atoms with Crippen LogP contribution < -0.4 is 20.3 Å². The fourth-order valence-electron chi connectivity index (χ4n) is 4.37. The zero-order valence-electron chi connectivity index (χ0n) is 20.7. The molecule has 198 valence electrons. The second-order valence-electron chi connectivity index (χ2n) is 9.15. The molecule has 0 saturated carbocycles. The van der Waals surface area contributed by atoms with Crippen molar-refractivity contribution in [2.75, 3.05) is 31.1 Å². The van der Waals surface area contributed by atoms with E-state index in [0.29, 0.717) is 17.3 Å². The highest BCUT2D eigenvalue weighted by Crippen LogP contribution is 2.27. The van der Waals surface area contributed by atoms with Crippen molar-refractivity contribution < 1.29 is 23.8 Å². The van der Waals surface area contributed by atoms with E-state index in [2.05, 4.69) is 20.5 Å². The highest BCUT2D eigenvalue weighted by molar-refractivity contribution is 6.29. The third kappa shape index (κ3) is 6.47. The van der Waals surface area contributed by atoms with Gasteiger partial charge in [0.2, 0.25) is 0 Å². The van der Waals surface area contributed by atoms with E-state index in [-0.39, 0.29) is 29.9 Å². The lowest BCUT2D eigenvalue weighted by Crippen LogP contribution is -2.41. The Morgan fingerprint density at radius 2 is 2.14 bits per heavy atom. The molecule has 1 aliphatic rings. The van der Waals surface area contributed by atoms with Gasteiger partial charge in [0, 0.05) is 31.3 Å². The first-order valence-electron chi connectivity index (χ1n) is 12.2. The number of nitrogens with one attached hydrogen (secondary N) is 2. The van der Waals surface area contributed by atoms with Crippen LogP contribution in [-0.4, -0.2) is 63.9 Å². The van der Waals surface area contributed by atoms with E-state index in [1.54, 1.807) is 10.6 Å². The molecule has 4 rings (SSSR count). The molecule has 3 heterocycles. The van der Waals surface area contributed by atoms with Crippen molar-refractivity contribution in [2.24, 2.45) is 0 Å². The molecule has 1 aliphatic heterocycles. The zero-order valence-corrected chi connectivity index (χ0v) is 21.5. The molecule has 0 radical (unpaired) electrons. The van der Waals surface area contributed by atoms with Crippen LogP contribution in [0.1, 0.15) is 55.2 Å². The maximum atomic E-state index is 13.3. The number of benzene rings is 1. The summed E-state index contributed by atoms with van der Waals surface area (Å²) in [4.78, 5) is 30.2. The van der Waals surface area contributed by atoms with Crippen LogP contribution in [-0.2, 0) is 4.79 Å². The summed E-state index contributed by atoms with van der Waals surface area (Å²) in [5.74, 6) is -1.80. The van der Waals surface area contributed by atoms with Crippen molar-refractivity contribution in [3.8, 4) is 5.75 Å². The van der Waals surface area contributed by atoms with Gasteiger partial charge in [-0.15, -0.1) is 0 Å². The summed E-state index contributed by atoms with van der Waals surface area (Å²) in [5, 5.41) is 20.7. The van der Waals surface area contributed by atoms with E-state index in [9.17, 15) is 19.1 Å². The van der Waals surface area contributed by atoms with Crippen molar-refractivity contribution in [3.63, 3.8) is 0 Å². The standard InChI is InChI=1S/C25H30ClFN6O4/c1-15(2)32(10-9-29-23(34)14-37-20-7-6-16(27)11-17(20)25(35)36)24-13-21(26)30-22-12-19(31-33(22)24)18-5-3-4-8-28-18/h6-7,11-13,15,18,28H,3-5,8-10,14H2,1-2H3,(H,29,34)(H,35,36)/t18-/m0/s1. The maximum Gasteiger partial charge on any atom is 0.339 e. The summed E-state index contributed by atoms with van der Waals surface area (Å²) in [5.41, 5.74) is 1.23. The Morgan fingerprint density at radius 1 is 1.32 bits per heavy atom. The molecular formula is C25H30ClFN6O4. The molecule has 1 atom stereocenters. The molecule has 0 bridgehead atoms. The van der Waals surface area contributed by atoms with Crippen LogP contribution in [0.5, 0.6) is 5.75 Å². The molecule has 10 nitrogen and oxygen atoms in total. The maximum absolute atomic E-state index is 13.3. The molecule has 2 aromatic heterocycles. The topological polar surface area (TPSA) is 121 Å². The lowest BCUT2D eigenvalue weighted by atomic mass is 10.0. The number of carboxylic acids is 1. The highest BCUT2D eigenvalue weighted by atomic mass is 35.5. The third-order valence-electron chi connectivity index (χ3n) is 6.19. The molecule has 12 heteroatoms. The van der Waals surface area contributed by atoms with Gasteiger partial charge in [0.15, 0.2) is 12.3 Å². The summed E-state index contributed by atoms with van der Waals surface area (Å²) >= 11 is 6.35. The lowest BCUT2D eigenvalue weighted by Gasteiger charge is -2.29. The minimum Gasteiger partial charge on any atom is -0.483 e. The molecule has 0 spiro atoms. The van der Waals surface area contributed by atoms with Gasteiger partial charge in [0.25, 0.3) is 5.91 Å². The van der Waals surface area contributed by atoms with Crippen LogP contribution in [0, 0.1) is 5.82 Å². The fourth-order valence-corrected chi connectivity index (χ4v) is 4.55. The number of hydrogen-bond acceptors (Lipinski definition) is 7. The van der Waals surface area contributed by atoms with E-state index < -0.39 is 24.3 Å². The number of anilines is 1. The van der Waals surface area contributed by atoms with Crippen LogP contribution in [0.15, 0.2) is 30.3 Å². The number of carbonyl (C=O) groups excluding carboxylic acids is 1. The monoisotopic (exact) mass is 532 g/mol. The second-order valence-corrected chi connectivity index (χ2v) is 9.54. The van der Waals surface area contributed by atoms with Gasteiger partial charge in [-0.1, -0.05) is 18.0 Å². The summed E-state index contributed by atoms with van der Waals surface area (Å²) in [6.45, 7) is 5.35. The SMILES string of the molecule is CC(C)N(CCNC(=O)COc1ccc(F)cc1C(=O)O)c1cc(Cl)nc2cc([C@@H]3CCCCN3)nn12. The van der Waals surface area contributed by atoms with E-state index in [0.717, 1.165) is 49.5 Å². The van der Waals surface area contributed by atoms with Crippen LogP contribution in [0.3, 0.4) is 0 Å². The Bertz CT molecular complexity index is 1280. The molecular weight excluding hydrogens is 503 g/mol. The number of carbonyl (C=O) groups is 2. The summed E-state index contributed by atoms with van der Waals surface area (Å²) < 4.78 is 20.4. The van der Waals surface area contributed by atoms with Crippen LogP contribution in [0.4, 0.5) is 10.2 Å². The quantitative estimate of drug-likeness (QED) is 0.340. The van der Waals surface area contributed by atoms with E-state index in [1.165, 1.54) is 6.07 Å². The average Bonchev–Trinajstić information content (AvgIpc) is 3.30. The number of rotatable bonds is 10. The molecule has 1 saturated heterocycles. The van der Waals surface area contributed by atoms with Crippen LogP contribution in [0.25, 0.3) is 5.65 Å². The molecule has 3 N–H and O–H groups in total. The van der Waals surface area contributed by atoms with Gasteiger partial charge < -0.3 is 25.4 Å². The van der Waals surface area contributed by atoms with Crippen molar-refractivity contribution >= 4 is 34.9 Å². The molecule has 0 unspecified atom stereocenters. The number of nitrogens with zero attached hydrogens (tertiary/aromatic N) is 4. The normalized spacial score (nSPS) is 15.6. The lowest BCUT2D eigenvalue weighted by molar-refractivity contribution is -0.123. The largest absolute Gasteiger partial charge is 0.483 e. The number of aromatic carboxylic acids is 1. The summed E-state index contributed by atoms with van der Waals surface area (Å²) in [6.07, 6.45) is 3.31. The van der Waals surface area contributed by atoms with Crippen molar-refractivity contribution in [2.45, 2.75) is 45.2 Å². The van der Waals surface area contributed by atoms with Gasteiger partial charge >= 0.3 is 5.97 Å². The molecule has 1 fully saturated rings. The van der Waals surface area contributed by atoms with Crippen LogP contribution >= 0.6 is 11.6 Å². The van der Waals surface area contributed by atoms with Crippen molar-refractivity contribution in [3.05, 3.63) is 52.6 Å². The Kier molecular flexibility index (Phi) is 8.45. The average molecular weight is 533 g/mol. The van der Waals surface area contributed by atoms with E-state index in [4.69, 9.17) is 21.4 Å². The third-order valence-corrected chi connectivity index (χ3v) is 6.38. The van der Waals surface area contributed by atoms with Crippen LogP contribution in [0.2, 0.25) is 5.15 Å². The number of piperidine rings is 1. The predicted octanol–water partition coefficient (Wildman–Crippen LogP) is 3.44. The fraction of sp³-hybridized carbons (Fsp3) is 0.440. The van der Waals surface area contributed by atoms with Gasteiger partial charge in [0.1, 0.15) is 28.1 Å². The smallest absolute Gasteiger partial charge is 0.339 e. The first-order valence-corrected chi connectivity index (χ1v) is 12.6. The number of fused-ring (bicyclic) bond motifs is 1. The number of ether oxygens (including phenoxy) is 1. The molecule has 1 amide bonds. The summed E-state index contributed by atoms with van der Waals surface area (Å²) in [6, 6.07) is 7.06. The Morgan fingerprint density at radius 3 is 2.84 bits per heavy atom. The molecule has 1 aromatic carbocycles. The van der Waals surface area contributed by atoms with Gasteiger partial charge in [0.05, 0.1) is 11.7 Å². The van der Waals surface area contributed by atoms with E-state index >= 15 is 0 Å². The predicted molar refractivity (Wildman–Crippen MR) is 137 cm³/mol. The zero-order chi connectivity index (χ0) is 26.5. The number of halogens is 2. The van der Waals surface area contributed by atoms with Crippen molar-refractivity contribution in [1.82, 2.24) is 25.2 Å². The van der Waals surface area contributed by atoms with Gasteiger partial charge in [-0.2, -0.15) is 9.61 Å². The number of aromatic nitrogens is 3. The van der Waals surface area contributed by atoms with Gasteiger partial charge in [-0.3, -0.25) is 4.79 Å². The molecule has 3 aromatic rings. The minimum atomic E-state index is -1.34. The highest BCUT2D eigenvalue weighted by Gasteiger charge is 2.22. The Balaban J connectivity index is 1.42. The first kappa shape index (κ1) is 26.6. The minimum absolute atomic E-state index is 0.0626. The number of amides is 1. The Labute approximate surface area is 218 Å². The van der Waals surface area contributed by atoms with E-state index in [1.807, 2.05) is 19.9 Å². The molecule has 37 heavy (non-hydrogen) atoms. The number of carboxylic acid groups (broad SMARTS) is 1. The second kappa shape index (κ2) is 11.7.